The molecule has 78 valence electrons. The highest BCUT2D eigenvalue weighted by atomic mass is 16.8. The summed E-state index contributed by atoms with van der Waals surface area (Å²) in [5.41, 5.74) is 0.137. The fourth-order valence-electron chi connectivity index (χ4n) is 0.938. The molecule has 1 unspecified atom stereocenters. The van der Waals surface area contributed by atoms with E-state index >= 15 is 0 Å². The Hall–Kier alpha value is -1.59. The van der Waals surface area contributed by atoms with Crippen LogP contribution in [-0.4, -0.2) is 30.5 Å². The maximum Gasteiger partial charge on any atom is 0.356 e. The van der Waals surface area contributed by atoms with E-state index < -0.39 is 18.2 Å². The van der Waals surface area contributed by atoms with Gasteiger partial charge in [0, 0.05) is 6.92 Å². The van der Waals surface area contributed by atoms with Crippen LogP contribution in [-0.2, 0) is 23.9 Å². The van der Waals surface area contributed by atoms with Crippen molar-refractivity contribution < 1.29 is 23.9 Å². The molecule has 14 heavy (non-hydrogen) atoms. The number of ether oxygens (including phenoxy) is 2. The Morgan fingerprint density at radius 1 is 1.64 bits per heavy atom. The Balaban J connectivity index is 2.39. The number of hydrogen-bond acceptors (Lipinski definition) is 6. The molecular formula is C8H11NO5. The van der Waals surface area contributed by atoms with Crippen molar-refractivity contribution in [3.8, 4) is 0 Å². The Bertz CT molecular complexity index is 273. The molecule has 0 saturated heterocycles. The van der Waals surface area contributed by atoms with Gasteiger partial charge in [-0.2, -0.15) is 0 Å². The van der Waals surface area contributed by atoms with Crippen molar-refractivity contribution in [1.29, 1.82) is 0 Å². The smallest absolute Gasteiger partial charge is 0.356 e. The summed E-state index contributed by atoms with van der Waals surface area (Å²) >= 11 is 0. The summed E-state index contributed by atoms with van der Waals surface area (Å²) < 4.78 is 9.38. The van der Waals surface area contributed by atoms with Crippen LogP contribution in [0.1, 0.15) is 20.3 Å². The molecule has 1 heterocycles. The zero-order valence-electron chi connectivity index (χ0n) is 7.98. The number of nitrogens with zero attached hydrogens (tertiary/aromatic N) is 1. The lowest BCUT2D eigenvalue weighted by atomic mass is 10.3. The minimum atomic E-state index is -0.799. The number of rotatable bonds is 3. The Morgan fingerprint density at radius 2 is 2.36 bits per heavy atom. The van der Waals surface area contributed by atoms with E-state index in [0.29, 0.717) is 0 Å². The summed E-state index contributed by atoms with van der Waals surface area (Å²) in [5, 5.41) is 3.45. The van der Waals surface area contributed by atoms with Crippen LogP contribution >= 0.6 is 0 Å². The van der Waals surface area contributed by atoms with Crippen LogP contribution in [0.4, 0.5) is 0 Å². The first-order valence-electron chi connectivity index (χ1n) is 4.20. The van der Waals surface area contributed by atoms with Crippen molar-refractivity contribution >= 4 is 17.7 Å². The van der Waals surface area contributed by atoms with Crippen molar-refractivity contribution in [3.63, 3.8) is 0 Å². The highest BCUT2D eigenvalue weighted by Gasteiger charge is 2.28. The molecular weight excluding hydrogens is 190 g/mol. The number of oxime groups is 1. The fraction of sp³-hybridized carbons (Fsp3) is 0.625. The lowest BCUT2D eigenvalue weighted by Crippen LogP contribution is -2.20. The van der Waals surface area contributed by atoms with Crippen molar-refractivity contribution in [2.45, 2.75) is 26.6 Å². The Kier molecular flexibility index (Phi) is 3.44. The number of carbonyl (C=O) groups excluding carboxylic acids is 2. The average Bonchev–Trinajstić information content (AvgIpc) is 2.52. The van der Waals surface area contributed by atoms with Gasteiger partial charge in [0.05, 0.1) is 13.0 Å². The predicted molar refractivity (Wildman–Crippen MR) is 45.3 cm³/mol. The van der Waals surface area contributed by atoms with Crippen LogP contribution < -0.4 is 0 Å². The first-order valence-corrected chi connectivity index (χ1v) is 4.20. The minimum absolute atomic E-state index is 0.137. The molecule has 0 saturated carbocycles. The Morgan fingerprint density at radius 3 is 2.93 bits per heavy atom. The quantitative estimate of drug-likeness (QED) is 0.610. The normalized spacial score (nSPS) is 19.6. The molecule has 0 N–H and O–H groups in total. The van der Waals surface area contributed by atoms with E-state index in [1.807, 2.05) is 0 Å². The first kappa shape index (κ1) is 10.5. The van der Waals surface area contributed by atoms with Crippen LogP contribution in [0.25, 0.3) is 0 Å². The molecule has 0 amide bonds. The first-order chi connectivity index (χ1) is 6.63. The van der Waals surface area contributed by atoms with E-state index in [0.717, 1.165) is 0 Å². The van der Waals surface area contributed by atoms with E-state index in [4.69, 9.17) is 0 Å². The maximum absolute atomic E-state index is 11.1. The van der Waals surface area contributed by atoms with Crippen LogP contribution in [0.3, 0.4) is 0 Å². The third kappa shape index (κ3) is 2.72. The molecule has 0 aromatic rings. The van der Waals surface area contributed by atoms with Crippen molar-refractivity contribution in [1.82, 2.24) is 0 Å². The molecule has 1 atom stereocenters. The molecule has 0 aromatic carbocycles. The summed E-state index contributed by atoms with van der Waals surface area (Å²) in [7, 11) is 0. The van der Waals surface area contributed by atoms with Gasteiger partial charge in [0.15, 0.2) is 5.71 Å². The highest BCUT2D eigenvalue weighted by Crippen LogP contribution is 2.12. The van der Waals surface area contributed by atoms with E-state index in [9.17, 15) is 9.59 Å². The highest BCUT2D eigenvalue weighted by molar-refractivity contribution is 6.36. The second kappa shape index (κ2) is 4.59. The third-order valence-electron chi connectivity index (χ3n) is 1.45. The lowest BCUT2D eigenvalue weighted by molar-refractivity contribution is -0.170. The van der Waals surface area contributed by atoms with Gasteiger partial charge in [0.25, 0.3) is 6.29 Å². The molecule has 1 rings (SSSR count). The number of hydrogen-bond donors (Lipinski definition) is 0. The summed E-state index contributed by atoms with van der Waals surface area (Å²) in [6.45, 7) is 3.22. The van der Waals surface area contributed by atoms with Gasteiger partial charge in [-0.05, 0) is 6.92 Å². The molecule has 6 heteroatoms. The average molecular weight is 201 g/mol. The van der Waals surface area contributed by atoms with Gasteiger partial charge in [-0.1, -0.05) is 5.16 Å². The summed E-state index contributed by atoms with van der Waals surface area (Å²) in [6.07, 6.45) is -0.662. The van der Waals surface area contributed by atoms with Gasteiger partial charge in [0.1, 0.15) is 0 Å². The summed E-state index contributed by atoms with van der Waals surface area (Å²) in [6, 6.07) is 0. The van der Waals surface area contributed by atoms with Gasteiger partial charge < -0.3 is 14.3 Å². The fourth-order valence-corrected chi connectivity index (χ4v) is 0.938. The van der Waals surface area contributed by atoms with Gasteiger partial charge in [0.2, 0.25) is 0 Å². The summed E-state index contributed by atoms with van der Waals surface area (Å²) in [4.78, 5) is 26.3. The van der Waals surface area contributed by atoms with Crippen molar-refractivity contribution in [2.75, 3.05) is 6.61 Å². The van der Waals surface area contributed by atoms with Crippen LogP contribution in [0.5, 0.6) is 0 Å². The van der Waals surface area contributed by atoms with E-state index in [-0.39, 0.29) is 18.7 Å². The minimum Gasteiger partial charge on any atom is -0.461 e. The van der Waals surface area contributed by atoms with Gasteiger partial charge in [-0.25, -0.2) is 4.79 Å². The topological polar surface area (TPSA) is 74.2 Å². The third-order valence-corrected chi connectivity index (χ3v) is 1.45. The molecule has 0 bridgehead atoms. The molecule has 1 aliphatic heterocycles. The van der Waals surface area contributed by atoms with E-state index in [2.05, 4.69) is 19.5 Å². The maximum atomic E-state index is 11.1. The molecule has 0 fully saturated rings. The van der Waals surface area contributed by atoms with E-state index in [1.165, 1.54) is 6.92 Å². The van der Waals surface area contributed by atoms with Gasteiger partial charge in [-0.15, -0.1) is 0 Å². The second-order valence-corrected chi connectivity index (χ2v) is 2.61. The number of carbonyl (C=O) groups is 2. The monoisotopic (exact) mass is 201 g/mol. The molecule has 0 radical (unpaired) electrons. The standard InChI is InChI=1S/C8H11NO5/c1-3-12-8(11)6-4-7(14-9-6)13-5(2)10/h7H,3-4H2,1-2H3. The van der Waals surface area contributed by atoms with Gasteiger partial charge >= 0.3 is 11.9 Å². The SMILES string of the molecule is CCOC(=O)C1=NOC(OC(C)=O)C1. The molecule has 0 aliphatic carbocycles. The van der Waals surface area contributed by atoms with Crippen molar-refractivity contribution in [3.05, 3.63) is 0 Å². The van der Waals surface area contributed by atoms with Crippen LogP contribution in [0.2, 0.25) is 0 Å². The molecule has 0 spiro atoms. The molecule has 1 aliphatic rings. The molecule has 0 aromatic heterocycles. The van der Waals surface area contributed by atoms with Crippen LogP contribution in [0, 0.1) is 0 Å². The second-order valence-electron chi connectivity index (χ2n) is 2.61. The Labute approximate surface area is 80.8 Å². The summed E-state index contributed by atoms with van der Waals surface area (Å²) in [5.74, 6) is -1.02. The van der Waals surface area contributed by atoms with Gasteiger partial charge in [-0.3, -0.25) is 4.79 Å². The van der Waals surface area contributed by atoms with Crippen LogP contribution in [0.15, 0.2) is 5.16 Å². The number of esters is 2. The van der Waals surface area contributed by atoms with E-state index in [1.54, 1.807) is 6.92 Å². The zero-order chi connectivity index (χ0) is 10.6. The molecule has 6 nitrogen and oxygen atoms in total. The predicted octanol–water partition coefficient (Wildman–Crippen LogP) is 0.215. The van der Waals surface area contributed by atoms with Crippen molar-refractivity contribution in [2.24, 2.45) is 5.16 Å². The zero-order valence-corrected chi connectivity index (χ0v) is 7.98. The largest absolute Gasteiger partial charge is 0.461 e. The lowest BCUT2D eigenvalue weighted by Gasteiger charge is -2.06.